The van der Waals surface area contributed by atoms with Crippen molar-refractivity contribution in [1.82, 2.24) is 0 Å². The Morgan fingerprint density at radius 1 is 1.19 bits per heavy atom. The monoisotopic (exact) mass is 217 g/mol. The van der Waals surface area contributed by atoms with Crippen LogP contribution in [0.25, 0.3) is 0 Å². The zero-order chi connectivity index (χ0) is 11.4. The van der Waals surface area contributed by atoms with Crippen LogP contribution >= 0.6 is 0 Å². The van der Waals surface area contributed by atoms with E-state index in [9.17, 15) is 0 Å². The summed E-state index contributed by atoms with van der Waals surface area (Å²) >= 11 is 0. The molecular weight excluding hydrogens is 194 g/mol. The van der Waals surface area contributed by atoms with E-state index in [1.807, 2.05) is 0 Å². The molecule has 0 atom stereocenters. The molecule has 16 heavy (non-hydrogen) atoms. The van der Waals surface area contributed by atoms with Crippen LogP contribution in [-0.2, 0) is 6.42 Å². The molecule has 1 aromatic rings. The molecule has 2 rings (SSSR count). The number of nitrogens with two attached hydrogens (primary N) is 1. The topological polar surface area (TPSA) is 26.0 Å². The molecule has 0 spiro atoms. The second-order valence-electron chi connectivity index (χ2n) is 5.04. The molecule has 2 N–H and O–H groups in total. The summed E-state index contributed by atoms with van der Waals surface area (Å²) in [7, 11) is 0. The molecule has 0 heterocycles. The summed E-state index contributed by atoms with van der Waals surface area (Å²) in [6.45, 7) is 2.26. The predicted octanol–water partition coefficient (Wildman–Crippen LogP) is 4.27. The number of rotatable bonds is 6. The van der Waals surface area contributed by atoms with E-state index in [4.69, 9.17) is 5.73 Å². The van der Waals surface area contributed by atoms with Gasteiger partial charge in [0.1, 0.15) is 0 Å². The van der Waals surface area contributed by atoms with Crippen molar-refractivity contribution in [2.75, 3.05) is 5.73 Å². The number of hydrogen-bond donors (Lipinski definition) is 1. The molecule has 1 aromatic carbocycles. The van der Waals surface area contributed by atoms with Gasteiger partial charge in [-0.15, -0.1) is 0 Å². The molecule has 0 radical (unpaired) electrons. The van der Waals surface area contributed by atoms with Crippen molar-refractivity contribution in [2.45, 2.75) is 57.8 Å². The molecule has 1 aliphatic rings. The molecule has 1 saturated carbocycles. The van der Waals surface area contributed by atoms with Crippen molar-refractivity contribution in [1.29, 1.82) is 0 Å². The first kappa shape index (κ1) is 11.5. The van der Waals surface area contributed by atoms with Gasteiger partial charge in [0.2, 0.25) is 0 Å². The highest BCUT2D eigenvalue weighted by Crippen LogP contribution is 2.42. The maximum Gasteiger partial charge on any atom is 0.0316 e. The Kier molecular flexibility index (Phi) is 3.87. The summed E-state index contributed by atoms with van der Waals surface area (Å²) in [6.07, 6.45) is 9.33. The van der Waals surface area contributed by atoms with Gasteiger partial charge in [0.15, 0.2) is 0 Å². The standard InChI is InChI=1S/C15H23N/c1-2-3-4-5-6-13-11-14(16)9-10-15(13)12-7-8-12/h9-12H,2-8,16H2,1H3. The van der Waals surface area contributed by atoms with Crippen LogP contribution in [0, 0.1) is 0 Å². The van der Waals surface area contributed by atoms with Crippen LogP contribution in [0.2, 0.25) is 0 Å². The Bertz CT molecular complexity index is 339. The molecule has 0 unspecified atom stereocenters. The zero-order valence-corrected chi connectivity index (χ0v) is 10.3. The Morgan fingerprint density at radius 3 is 2.69 bits per heavy atom. The van der Waals surface area contributed by atoms with Crippen molar-refractivity contribution >= 4 is 5.69 Å². The summed E-state index contributed by atoms with van der Waals surface area (Å²) in [4.78, 5) is 0. The molecule has 1 aliphatic carbocycles. The minimum atomic E-state index is 0.849. The highest BCUT2D eigenvalue weighted by Gasteiger charge is 2.25. The third kappa shape index (κ3) is 3.01. The second kappa shape index (κ2) is 5.38. The molecular formula is C15H23N. The van der Waals surface area contributed by atoms with Crippen molar-refractivity contribution in [2.24, 2.45) is 0 Å². The van der Waals surface area contributed by atoms with Gasteiger partial charge in [0.05, 0.1) is 0 Å². The highest BCUT2D eigenvalue weighted by molar-refractivity contribution is 5.47. The Hall–Kier alpha value is -0.980. The second-order valence-corrected chi connectivity index (χ2v) is 5.04. The number of nitrogen functional groups attached to an aromatic ring is 1. The Labute approximate surface area is 99.0 Å². The Morgan fingerprint density at radius 2 is 2.00 bits per heavy atom. The van der Waals surface area contributed by atoms with E-state index in [2.05, 4.69) is 25.1 Å². The summed E-state index contributed by atoms with van der Waals surface area (Å²) < 4.78 is 0. The largest absolute Gasteiger partial charge is 0.399 e. The third-order valence-electron chi connectivity index (χ3n) is 3.48. The fourth-order valence-electron chi connectivity index (χ4n) is 2.38. The maximum atomic E-state index is 5.88. The van der Waals surface area contributed by atoms with Crippen LogP contribution in [0.4, 0.5) is 5.69 Å². The lowest BCUT2D eigenvalue weighted by Crippen LogP contribution is -1.96. The summed E-state index contributed by atoms with van der Waals surface area (Å²) in [5, 5.41) is 0. The fraction of sp³-hybridized carbons (Fsp3) is 0.600. The van der Waals surface area contributed by atoms with Crippen LogP contribution < -0.4 is 5.73 Å². The van der Waals surface area contributed by atoms with Gasteiger partial charge in [-0.3, -0.25) is 0 Å². The molecule has 0 amide bonds. The van der Waals surface area contributed by atoms with E-state index in [0.717, 1.165) is 11.6 Å². The van der Waals surface area contributed by atoms with Crippen LogP contribution in [0.5, 0.6) is 0 Å². The lowest BCUT2D eigenvalue weighted by atomic mass is 9.97. The number of aryl methyl sites for hydroxylation is 1. The van der Waals surface area contributed by atoms with Crippen molar-refractivity contribution in [3.63, 3.8) is 0 Å². The van der Waals surface area contributed by atoms with E-state index in [-0.39, 0.29) is 0 Å². The normalized spacial score (nSPS) is 15.3. The van der Waals surface area contributed by atoms with E-state index in [1.54, 1.807) is 5.56 Å². The molecule has 1 heteroatoms. The first-order valence-corrected chi connectivity index (χ1v) is 6.69. The van der Waals surface area contributed by atoms with Gasteiger partial charge in [-0.2, -0.15) is 0 Å². The predicted molar refractivity (Wildman–Crippen MR) is 70.7 cm³/mol. The smallest absolute Gasteiger partial charge is 0.0316 e. The molecule has 88 valence electrons. The van der Waals surface area contributed by atoms with Crippen LogP contribution in [0.1, 0.15) is 62.5 Å². The average Bonchev–Trinajstić information content (AvgIpc) is 3.08. The summed E-state index contributed by atoms with van der Waals surface area (Å²) in [5.41, 5.74) is 9.89. The van der Waals surface area contributed by atoms with Crippen LogP contribution in [0.3, 0.4) is 0 Å². The average molecular weight is 217 g/mol. The maximum absolute atomic E-state index is 5.88. The highest BCUT2D eigenvalue weighted by atomic mass is 14.5. The lowest BCUT2D eigenvalue weighted by Gasteiger charge is -2.09. The van der Waals surface area contributed by atoms with Gasteiger partial charge >= 0.3 is 0 Å². The van der Waals surface area contributed by atoms with Crippen molar-refractivity contribution < 1.29 is 0 Å². The molecule has 1 nitrogen and oxygen atoms in total. The lowest BCUT2D eigenvalue weighted by molar-refractivity contribution is 0.664. The van der Waals surface area contributed by atoms with Crippen LogP contribution in [0.15, 0.2) is 18.2 Å². The first-order chi connectivity index (χ1) is 7.81. The molecule has 0 saturated heterocycles. The third-order valence-corrected chi connectivity index (χ3v) is 3.48. The minimum Gasteiger partial charge on any atom is -0.399 e. The van der Waals surface area contributed by atoms with E-state index >= 15 is 0 Å². The van der Waals surface area contributed by atoms with Gasteiger partial charge in [-0.05, 0) is 54.9 Å². The van der Waals surface area contributed by atoms with Crippen molar-refractivity contribution in [3.8, 4) is 0 Å². The number of benzene rings is 1. The van der Waals surface area contributed by atoms with E-state index in [1.165, 1.54) is 50.5 Å². The number of anilines is 1. The Balaban J connectivity index is 1.97. The van der Waals surface area contributed by atoms with Crippen LogP contribution in [-0.4, -0.2) is 0 Å². The van der Waals surface area contributed by atoms with Gasteiger partial charge < -0.3 is 5.73 Å². The quantitative estimate of drug-likeness (QED) is 0.559. The van der Waals surface area contributed by atoms with E-state index < -0.39 is 0 Å². The first-order valence-electron chi connectivity index (χ1n) is 6.69. The molecule has 0 bridgehead atoms. The van der Waals surface area contributed by atoms with Crippen molar-refractivity contribution in [3.05, 3.63) is 29.3 Å². The SMILES string of the molecule is CCCCCCc1cc(N)ccc1C1CC1. The summed E-state index contributed by atoms with van der Waals surface area (Å²) in [5.74, 6) is 0.849. The molecule has 0 aromatic heterocycles. The van der Waals surface area contributed by atoms with Gasteiger partial charge in [0.25, 0.3) is 0 Å². The minimum absolute atomic E-state index is 0.849. The fourth-order valence-corrected chi connectivity index (χ4v) is 2.38. The number of unbranched alkanes of at least 4 members (excludes halogenated alkanes) is 3. The van der Waals surface area contributed by atoms with E-state index in [0.29, 0.717) is 0 Å². The summed E-state index contributed by atoms with van der Waals surface area (Å²) in [6, 6.07) is 6.50. The van der Waals surface area contributed by atoms with Gasteiger partial charge in [-0.25, -0.2) is 0 Å². The zero-order valence-electron chi connectivity index (χ0n) is 10.3. The van der Waals surface area contributed by atoms with Gasteiger partial charge in [-0.1, -0.05) is 32.3 Å². The molecule has 1 fully saturated rings. The van der Waals surface area contributed by atoms with Gasteiger partial charge in [0, 0.05) is 5.69 Å². The number of hydrogen-bond acceptors (Lipinski definition) is 1. The molecule has 0 aliphatic heterocycles.